The minimum atomic E-state index is -0.450. The van der Waals surface area contributed by atoms with Crippen molar-refractivity contribution in [2.45, 2.75) is 0 Å². The smallest absolute Gasteiger partial charge is 0.199 e. The van der Waals surface area contributed by atoms with E-state index < -0.39 is 11.6 Å². The topological polar surface area (TPSA) is 79.5 Å². The Labute approximate surface area is 102 Å². The summed E-state index contributed by atoms with van der Waals surface area (Å²) in [5, 5.41) is 19.4. The van der Waals surface area contributed by atoms with E-state index in [-0.39, 0.29) is 33.8 Å². The summed E-state index contributed by atoms with van der Waals surface area (Å²) in [5.74, 6) is -1.49. The van der Waals surface area contributed by atoms with Crippen LogP contribution in [-0.4, -0.2) is 26.3 Å². The van der Waals surface area contributed by atoms with Crippen LogP contribution in [0.2, 0.25) is 0 Å². The molecule has 0 spiro atoms. The molecule has 0 fully saturated rings. The first-order valence-corrected chi connectivity index (χ1v) is 5.31. The Morgan fingerprint density at radius 2 is 1.28 bits per heavy atom. The average Bonchev–Trinajstić information content (AvgIpc) is 2.71. The summed E-state index contributed by atoms with van der Waals surface area (Å²) < 4.78 is 1.60. The SMILES string of the molecule is Cn1cc2c(c1)C(=O)c1c(O)ccc(O)c1C2=O. The third-order valence-electron chi connectivity index (χ3n) is 3.06. The second-order valence-corrected chi connectivity index (χ2v) is 4.26. The van der Waals surface area contributed by atoms with E-state index in [1.165, 1.54) is 24.5 Å². The van der Waals surface area contributed by atoms with E-state index in [1.54, 1.807) is 11.6 Å². The number of rotatable bonds is 0. The molecule has 2 N–H and O–H groups in total. The first-order valence-electron chi connectivity index (χ1n) is 5.31. The molecule has 1 aliphatic carbocycles. The largest absolute Gasteiger partial charge is 0.507 e. The lowest BCUT2D eigenvalue weighted by Gasteiger charge is -2.16. The minimum absolute atomic E-state index is 0.126. The third kappa shape index (κ3) is 1.15. The lowest BCUT2D eigenvalue weighted by Crippen LogP contribution is -2.19. The van der Waals surface area contributed by atoms with Gasteiger partial charge in [-0.05, 0) is 12.1 Å². The van der Waals surface area contributed by atoms with E-state index in [2.05, 4.69) is 0 Å². The fourth-order valence-electron chi connectivity index (χ4n) is 2.26. The van der Waals surface area contributed by atoms with Crippen molar-refractivity contribution in [1.82, 2.24) is 4.57 Å². The lowest BCUT2D eigenvalue weighted by atomic mass is 9.85. The lowest BCUT2D eigenvalue weighted by molar-refractivity contribution is 0.0975. The molecule has 5 heteroatoms. The van der Waals surface area contributed by atoms with Gasteiger partial charge in [0, 0.05) is 19.4 Å². The highest BCUT2D eigenvalue weighted by molar-refractivity contribution is 6.30. The molecule has 1 aromatic carbocycles. The number of fused-ring (bicyclic) bond motifs is 2. The molecular weight excluding hydrogens is 234 g/mol. The quantitative estimate of drug-likeness (QED) is 0.582. The summed E-state index contributed by atoms with van der Waals surface area (Å²) in [6, 6.07) is 2.40. The maximum Gasteiger partial charge on any atom is 0.199 e. The number of aromatic hydroxyl groups is 2. The summed E-state index contributed by atoms with van der Waals surface area (Å²) in [7, 11) is 1.70. The Bertz CT molecular complexity index is 654. The molecule has 0 amide bonds. The zero-order valence-electron chi connectivity index (χ0n) is 9.47. The molecular formula is C13H9NO4. The van der Waals surface area contributed by atoms with E-state index in [4.69, 9.17) is 0 Å². The van der Waals surface area contributed by atoms with Crippen LogP contribution in [0.3, 0.4) is 0 Å². The summed E-state index contributed by atoms with van der Waals surface area (Å²) in [6.07, 6.45) is 3.06. The summed E-state index contributed by atoms with van der Waals surface area (Å²) in [4.78, 5) is 24.4. The Morgan fingerprint density at radius 1 is 0.889 bits per heavy atom. The van der Waals surface area contributed by atoms with Crippen LogP contribution in [0.5, 0.6) is 11.5 Å². The van der Waals surface area contributed by atoms with Crippen LogP contribution in [0.1, 0.15) is 31.8 Å². The van der Waals surface area contributed by atoms with Gasteiger partial charge in [-0.2, -0.15) is 0 Å². The standard InChI is InChI=1S/C13H9NO4/c1-14-4-6-7(5-14)13(18)11-9(16)3-2-8(15)10(11)12(6)17/h2-5,15-16H,1H3. The Balaban J connectivity index is 2.40. The normalized spacial score (nSPS) is 13.4. The molecule has 2 aromatic rings. The number of nitrogens with zero attached hydrogens (tertiary/aromatic N) is 1. The molecule has 0 saturated heterocycles. The fourth-order valence-corrected chi connectivity index (χ4v) is 2.26. The van der Waals surface area contributed by atoms with Crippen molar-refractivity contribution in [2.75, 3.05) is 0 Å². The number of aryl methyl sites for hydroxylation is 1. The predicted octanol–water partition coefficient (Wildman–Crippen LogP) is 1.21. The van der Waals surface area contributed by atoms with Gasteiger partial charge in [-0.15, -0.1) is 0 Å². The van der Waals surface area contributed by atoms with E-state index in [0.717, 1.165) is 0 Å². The first-order chi connectivity index (χ1) is 8.50. The van der Waals surface area contributed by atoms with Gasteiger partial charge in [0.25, 0.3) is 0 Å². The average molecular weight is 243 g/mol. The van der Waals surface area contributed by atoms with Gasteiger partial charge in [0.2, 0.25) is 0 Å². The molecule has 1 aliphatic rings. The van der Waals surface area contributed by atoms with Crippen LogP contribution in [0.15, 0.2) is 24.5 Å². The number of phenols is 2. The minimum Gasteiger partial charge on any atom is -0.507 e. The van der Waals surface area contributed by atoms with Gasteiger partial charge in [-0.1, -0.05) is 0 Å². The van der Waals surface area contributed by atoms with Crippen LogP contribution in [0.4, 0.5) is 0 Å². The molecule has 3 rings (SSSR count). The zero-order chi connectivity index (χ0) is 13.0. The molecule has 1 aromatic heterocycles. The Kier molecular flexibility index (Phi) is 1.90. The fraction of sp³-hybridized carbons (Fsp3) is 0.0769. The second-order valence-electron chi connectivity index (χ2n) is 4.26. The molecule has 1 heterocycles. The Hall–Kier alpha value is -2.56. The summed E-state index contributed by atoms with van der Waals surface area (Å²) in [6.45, 7) is 0. The second kappa shape index (κ2) is 3.22. The predicted molar refractivity (Wildman–Crippen MR) is 62.0 cm³/mol. The third-order valence-corrected chi connectivity index (χ3v) is 3.06. The maximum absolute atomic E-state index is 12.2. The number of hydrogen-bond donors (Lipinski definition) is 2. The van der Waals surface area contributed by atoms with Crippen molar-refractivity contribution < 1.29 is 19.8 Å². The van der Waals surface area contributed by atoms with Crippen LogP contribution >= 0.6 is 0 Å². The van der Waals surface area contributed by atoms with Crippen LogP contribution in [0.25, 0.3) is 0 Å². The van der Waals surface area contributed by atoms with E-state index in [9.17, 15) is 19.8 Å². The van der Waals surface area contributed by atoms with Crippen LogP contribution < -0.4 is 0 Å². The molecule has 18 heavy (non-hydrogen) atoms. The van der Waals surface area contributed by atoms with Crippen LogP contribution in [0, 0.1) is 0 Å². The number of aromatic nitrogens is 1. The number of ketones is 2. The van der Waals surface area contributed by atoms with Gasteiger partial charge in [0.15, 0.2) is 11.6 Å². The summed E-state index contributed by atoms with van der Waals surface area (Å²) in [5.41, 5.74) is 0.240. The van der Waals surface area contributed by atoms with Crippen molar-refractivity contribution in [2.24, 2.45) is 7.05 Å². The molecule has 0 aliphatic heterocycles. The molecule has 0 unspecified atom stereocenters. The van der Waals surface area contributed by atoms with Crippen molar-refractivity contribution >= 4 is 11.6 Å². The number of hydrogen-bond acceptors (Lipinski definition) is 4. The van der Waals surface area contributed by atoms with Gasteiger partial charge < -0.3 is 14.8 Å². The van der Waals surface area contributed by atoms with E-state index >= 15 is 0 Å². The molecule has 5 nitrogen and oxygen atoms in total. The number of carbonyl (C=O) groups excluding carboxylic acids is 2. The zero-order valence-corrected chi connectivity index (χ0v) is 9.47. The highest BCUT2D eigenvalue weighted by atomic mass is 16.3. The highest BCUT2D eigenvalue weighted by Gasteiger charge is 2.35. The molecule has 0 radical (unpaired) electrons. The first kappa shape index (κ1) is 10.6. The van der Waals surface area contributed by atoms with Gasteiger partial charge in [0.1, 0.15) is 11.5 Å². The monoisotopic (exact) mass is 243 g/mol. The van der Waals surface area contributed by atoms with Crippen molar-refractivity contribution in [3.8, 4) is 11.5 Å². The van der Waals surface area contributed by atoms with Crippen LogP contribution in [-0.2, 0) is 7.05 Å². The van der Waals surface area contributed by atoms with E-state index in [0.29, 0.717) is 0 Å². The van der Waals surface area contributed by atoms with Crippen molar-refractivity contribution in [3.63, 3.8) is 0 Å². The Morgan fingerprint density at radius 3 is 1.67 bits per heavy atom. The molecule has 0 atom stereocenters. The maximum atomic E-state index is 12.2. The van der Waals surface area contributed by atoms with Crippen molar-refractivity contribution in [1.29, 1.82) is 0 Å². The molecule has 90 valence electrons. The number of carbonyl (C=O) groups is 2. The van der Waals surface area contributed by atoms with Gasteiger partial charge in [-0.3, -0.25) is 9.59 Å². The van der Waals surface area contributed by atoms with E-state index in [1.807, 2.05) is 0 Å². The number of benzene rings is 1. The van der Waals surface area contributed by atoms with Gasteiger partial charge in [-0.25, -0.2) is 0 Å². The van der Waals surface area contributed by atoms with Gasteiger partial charge in [0.05, 0.1) is 22.3 Å². The molecule has 0 saturated carbocycles. The number of phenolic OH excluding ortho intramolecular Hbond substituents is 2. The van der Waals surface area contributed by atoms with Gasteiger partial charge >= 0.3 is 0 Å². The summed E-state index contributed by atoms with van der Waals surface area (Å²) >= 11 is 0. The molecule has 0 bridgehead atoms. The van der Waals surface area contributed by atoms with Crippen molar-refractivity contribution in [3.05, 3.63) is 46.8 Å². The highest BCUT2D eigenvalue weighted by Crippen LogP contribution is 2.37.